The molecule has 2 heterocycles. The Morgan fingerprint density at radius 2 is 0.741 bits per heavy atom. The van der Waals surface area contributed by atoms with Gasteiger partial charge in [-0.05, 0) is 119 Å². The van der Waals surface area contributed by atoms with Crippen LogP contribution in [-0.4, -0.2) is 0 Å². The Morgan fingerprint density at radius 3 is 1.29 bits per heavy atom. The van der Waals surface area contributed by atoms with Crippen molar-refractivity contribution in [1.29, 1.82) is 0 Å². The van der Waals surface area contributed by atoms with Crippen molar-refractivity contribution in [2.45, 2.75) is 0 Å². The van der Waals surface area contributed by atoms with Crippen LogP contribution in [0.25, 0.3) is 77.3 Å². The SMILES string of the molecule is c1ccc(-c2ccccc2Nc2ccc(N(c3ccc(-c4ccc5oc6ccccc6c5c4)cc3)c3ccc(-c4ccc5oc6ccccc6c5c4)cc3)cc2)cc1. The van der Waals surface area contributed by atoms with Crippen LogP contribution in [0.3, 0.4) is 0 Å². The highest BCUT2D eigenvalue weighted by molar-refractivity contribution is 6.07. The van der Waals surface area contributed by atoms with Crippen molar-refractivity contribution in [2.75, 3.05) is 10.2 Å². The first kappa shape index (κ1) is 33.5. The third kappa shape index (κ3) is 6.05. The molecule has 0 bridgehead atoms. The molecule has 1 N–H and O–H groups in total. The quantitative estimate of drug-likeness (QED) is 0.168. The van der Waals surface area contributed by atoms with Gasteiger partial charge in [-0.1, -0.05) is 121 Å². The lowest BCUT2D eigenvalue weighted by molar-refractivity contribution is 0.668. The monoisotopic (exact) mass is 744 g/mol. The Morgan fingerprint density at radius 1 is 0.310 bits per heavy atom. The van der Waals surface area contributed by atoms with Gasteiger partial charge >= 0.3 is 0 Å². The highest BCUT2D eigenvalue weighted by Crippen LogP contribution is 2.40. The van der Waals surface area contributed by atoms with Gasteiger partial charge in [-0.2, -0.15) is 0 Å². The molecule has 0 atom stereocenters. The summed E-state index contributed by atoms with van der Waals surface area (Å²) in [5.74, 6) is 0. The van der Waals surface area contributed by atoms with Crippen molar-refractivity contribution in [1.82, 2.24) is 0 Å². The van der Waals surface area contributed by atoms with Crippen LogP contribution in [0.15, 0.2) is 221 Å². The topological polar surface area (TPSA) is 41.5 Å². The summed E-state index contributed by atoms with van der Waals surface area (Å²) in [5.41, 5.74) is 15.8. The van der Waals surface area contributed by atoms with E-state index in [0.717, 1.165) is 100 Å². The number of hydrogen-bond donors (Lipinski definition) is 1. The predicted molar refractivity (Wildman–Crippen MR) is 242 cm³/mol. The van der Waals surface area contributed by atoms with Crippen LogP contribution in [-0.2, 0) is 0 Å². The number of furan rings is 2. The molecule has 0 aliphatic rings. The maximum atomic E-state index is 6.11. The smallest absolute Gasteiger partial charge is 0.135 e. The summed E-state index contributed by atoms with van der Waals surface area (Å²) in [7, 11) is 0. The maximum absolute atomic E-state index is 6.11. The molecular formula is C54H36N2O2. The van der Waals surface area contributed by atoms with E-state index in [1.807, 2.05) is 30.3 Å². The molecule has 0 saturated carbocycles. The Balaban J connectivity index is 0.947. The minimum atomic E-state index is 0.899. The van der Waals surface area contributed by atoms with Crippen LogP contribution in [0, 0.1) is 0 Å². The molecular weight excluding hydrogens is 709 g/mol. The molecule has 0 unspecified atom stereocenters. The summed E-state index contributed by atoms with van der Waals surface area (Å²) in [6.07, 6.45) is 0. The number of para-hydroxylation sites is 3. The van der Waals surface area contributed by atoms with Gasteiger partial charge in [-0.25, -0.2) is 0 Å². The maximum Gasteiger partial charge on any atom is 0.135 e. The van der Waals surface area contributed by atoms with E-state index in [4.69, 9.17) is 8.83 Å². The number of benzene rings is 9. The molecule has 274 valence electrons. The molecule has 4 nitrogen and oxygen atoms in total. The fourth-order valence-electron chi connectivity index (χ4n) is 8.18. The molecule has 9 aromatic carbocycles. The molecule has 4 heteroatoms. The minimum Gasteiger partial charge on any atom is -0.456 e. The van der Waals surface area contributed by atoms with Crippen molar-refractivity contribution in [3.05, 3.63) is 212 Å². The molecule has 0 saturated heterocycles. The van der Waals surface area contributed by atoms with Gasteiger partial charge in [0.25, 0.3) is 0 Å². The minimum absolute atomic E-state index is 0.899. The highest BCUT2D eigenvalue weighted by Gasteiger charge is 2.16. The standard InChI is InChI=1S/C54H36N2O2/c1-2-10-38(11-3-1)45-12-4-7-15-50(45)55-41-24-30-44(31-25-41)56(42-26-18-36(19-27-42)39-22-32-53-48(34-39)46-13-5-8-16-51(46)57-53)43-28-20-37(21-29-43)40-23-33-54-49(35-40)47-14-6-9-17-52(47)58-54/h1-35,55H. The van der Waals surface area contributed by atoms with E-state index in [2.05, 4.69) is 192 Å². The first-order valence-electron chi connectivity index (χ1n) is 19.6. The van der Waals surface area contributed by atoms with Gasteiger partial charge in [0.05, 0.1) is 0 Å². The van der Waals surface area contributed by atoms with Crippen molar-refractivity contribution in [2.24, 2.45) is 0 Å². The normalized spacial score (nSPS) is 11.4. The molecule has 0 fully saturated rings. The first-order valence-corrected chi connectivity index (χ1v) is 19.6. The van der Waals surface area contributed by atoms with Gasteiger partial charge < -0.3 is 19.1 Å². The molecule has 0 spiro atoms. The lowest BCUT2D eigenvalue weighted by Gasteiger charge is -2.26. The molecule has 0 amide bonds. The summed E-state index contributed by atoms with van der Waals surface area (Å²) in [5, 5.41) is 8.19. The fourth-order valence-corrected chi connectivity index (χ4v) is 8.18. The van der Waals surface area contributed by atoms with Crippen LogP contribution >= 0.6 is 0 Å². The van der Waals surface area contributed by atoms with Gasteiger partial charge in [-0.15, -0.1) is 0 Å². The second-order valence-electron chi connectivity index (χ2n) is 14.6. The third-order valence-electron chi connectivity index (χ3n) is 11.1. The third-order valence-corrected chi connectivity index (χ3v) is 11.1. The van der Waals surface area contributed by atoms with Gasteiger partial charge in [0.2, 0.25) is 0 Å². The zero-order valence-electron chi connectivity index (χ0n) is 31.5. The van der Waals surface area contributed by atoms with E-state index in [0.29, 0.717) is 0 Å². The second-order valence-corrected chi connectivity index (χ2v) is 14.6. The van der Waals surface area contributed by atoms with E-state index in [-0.39, 0.29) is 0 Å². The number of fused-ring (bicyclic) bond motifs is 6. The van der Waals surface area contributed by atoms with Crippen molar-refractivity contribution in [3.63, 3.8) is 0 Å². The van der Waals surface area contributed by atoms with Crippen LogP contribution in [0.5, 0.6) is 0 Å². The Labute approximate surface area is 335 Å². The number of hydrogen-bond acceptors (Lipinski definition) is 4. The number of anilines is 5. The lowest BCUT2D eigenvalue weighted by atomic mass is 10.0. The Hall–Kier alpha value is -7.82. The largest absolute Gasteiger partial charge is 0.456 e. The Kier molecular flexibility index (Phi) is 8.11. The summed E-state index contributed by atoms with van der Waals surface area (Å²) < 4.78 is 12.2. The van der Waals surface area contributed by atoms with Crippen molar-refractivity contribution in [3.8, 4) is 33.4 Å². The molecule has 58 heavy (non-hydrogen) atoms. The van der Waals surface area contributed by atoms with E-state index in [1.165, 1.54) is 5.56 Å². The fraction of sp³-hybridized carbons (Fsp3) is 0. The zero-order chi connectivity index (χ0) is 38.4. The highest BCUT2D eigenvalue weighted by atomic mass is 16.3. The lowest BCUT2D eigenvalue weighted by Crippen LogP contribution is -2.10. The zero-order valence-corrected chi connectivity index (χ0v) is 31.5. The number of nitrogens with one attached hydrogen (secondary N) is 1. The van der Waals surface area contributed by atoms with Gasteiger partial charge in [0, 0.05) is 55.5 Å². The predicted octanol–water partition coefficient (Wildman–Crippen LogP) is 15.7. The average Bonchev–Trinajstić information content (AvgIpc) is 3.86. The summed E-state index contributed by atoms with van der Waals surface area (Å²) >= 11 is 0. The number of rotatable bonds is 8. The van der Waals surface area contributed by atoms with Crippen molar-refractivity contribution >= 4 is 72.3 Å². The molecule has 11 rings (SSSR count). The molecule has 11 aromatic rings. The molecule has 0 radical (unpaired) electrons. The van der Waals surface area contributed by atoms with Gasteiger partial charge in [-0.3, -0.25) is 0 Å². The van der Waals surface area contributed by atoms with Crippen molar-refractivity contribution < 1.29 is 8.83 Å². The van der Waals surface area contributed by atoms with Crippen LogP contribution < -0.4 is 10.2 Å². The van der Waals surface area contributed by atoms with E-state index in [9.17, 15) is 0 Å². The molecule has 2 aromatic heterocycles. The molecule has 0 aliphatic heterocycles. The summed E-state index contributed by atoms with van der Waals surface area (Å²) in [6, 6.07) is 74.6. The van der Waals surface area contributed by atoms with E-state index >= 15 is 0 Å². The number of nitrogens with zero attached hydrogens (tertiary/aromatic N) is 1. The summed E-state index contributed by atoms with van der Waals surface area (Å²) in [6.45, 7) is 0. The van der Waals surface area contributed by atoms with Gasteiger partial charge in [0.1, 0.15) is 22.3 Å². The summed E-state index contributed by atoms with van der Waals surface area (Å²) in [4.78, 5) is 2.31. The van der Waals surface area contributed by atoms with Gasteiger partial charge in [0.15, 0.2) is 0 Å². The molecule has 0 aliphatic carbocycles. The first-order chi connectivity index (χ1) is 28.7. The van der Waals surface area contributed by atoms with Crippen LogP contribution in [0.1, 0.15) is 0 Å². The van der Waals surface area contributed by atoms with E-state index < -0.39 is 0 Å². The van der Waals surface area contributed by atoms with Crippen LogP contribution in [0.4, 0.5) is 28.4 Å². The second kappa shape index (κ2) is 14.0. The van der Waals surface area contributed by atoms with Crippen LogP contribution in [0.2, 0.25) is 0 Å². The Bertz CT molecular complexity index is 3080. The average molecular weight is 745 g/mol. The van der Waals surface area contributed by atoms with E-state index in [1.54, 1.807) is 0 Å².